The average Bonchev–Trinajstić information content (AvgIpc) is 3.28. The van der Waals surface area contributed by atoms with Crippen LogP contribution in [0, 0.1) is 0 Å². The Hall–Kier alpha value is -3.26. The summed E-state index contributed by atoms with van der Waals surface area (Å²) in [4.78, 5) is 31.3. The van der Waals surface area contributed by atoms with Crippen molar-refractivity contribution in [3.63, 3.8) is 0 Å². The predicted molar refractivity (Wildman–Crippen MR) is 99.2 cm³/mol. The summed E-state index contributed by atoms with van der Waals surface area (Å²) in [5.41, 5.74) is 1.32. The zero-order valence-electron chi connectivity index (χ0n) is 13.9. The highest BCUT2D eigenvalue weighted by molar-refractivity contribution is 7.14. The van der Waals surface area contributed by atoms with Crippen molar-refractivity contribution in [1.29, 1.82) is 0 Å². The molecule has 0 aliphatic heterocycles. The molecule has 3 aromatic heterocycles. The summed E-state index contributed by atoms with van der Waals surface area (Å²) in [5, 5.41) is 7.63. The minimum Gasteiger partial charge on any atom is -0.458 e. The van der Waals surface area contributed by atoms with Crippen LogP contribution < -0.4 is 10.6 Å². The summed E-state index contributed by atoms with van der Waals surface area (Å²) < 4.78 is 5.64. The predicted octanol–water partition coefficient (Wildman–Crippen LogP) is 3.09. The van der Waals surface area contributed by atoms with E-state index in [0.29, 0.717) is 34.6 Å². The highest BCUT2D eigenvalue weighted by Gasteiger charge is 2.10. The largest absolute Gasteiger partial charge is 0.458 e. The lowest BCUT2D eigenvalue weighted by atomic mass is 10.3. The summed E-state index contributed by atoms with van der Waals surface area (Å²) in [6.07, 6.45) is 4.70. The molecule has 3 aromatic rings. The van der Waals surface area contributed by atoms with Crippen LogP contribution in [-0.2, 0) is 16.1 Å². The van der Waals surface area contributed by atoms with Gasteiger partial charge in [0.2, 0.25) is 11.8 Å². The van der Waals surface area contributed by atoms with Crippen LogP contribution >= 0.6 is 11.3 Å². The molecule has 0 radical (unpaired) electrons. The fourth-order valence-electron chi connectivity index (χ4n) is 2.05. The number of nitrogens with zero attached hydrogens (tertiary/aromatic N) is 2. The Labute approximate surface area is 153 Å². The van der Waals surface area contributed by atoms with Crippen molar-refractivity contribution in [3.8, 4) is 11.5 Å². The van der Waals surface area contributed by atoms with Crippen LogP contribution in [0.1, 0.15) is 18.4 Å². The molecule has 3 rings (SSSR count). The van der Waals surface area contributed by atoms with Crippen LogP contribution in [0.15, 0.2) is 52.4 Å². The smallest absolute Gasteiger partial charge is 0.250 e. The zero-order chi connectivity index (χ0) is 18.4. The Morgan fingerprint density at radius 2 is 2.15 bits per heavy atom. The van der Waals surface area contributed by atoms with Crippen LogP contribution in [0.5, 0.6) is 0 Å². The van der Waals surface area contributed by atoms with E-state index in [9.17, 15) is 9.59 Å². The van der Waals surface area contributed by atoms with Crippen molar-refractivity contribution in [2.24, 2.45) is 0 Å². The van der Waals surface area contributed by atoms with E-state index in [1.165, 1.54) is 24.3 Å². The zero-order valence-corrected chi connectivity index (χ0v) is 14.7. The van der Waals surface area contributed by atoms with Gasteiger partial charge in [-0.2, -0.15) is 0 Å². The van der Waals surface area contributed by atoms with E-state index >= 15 is 0 Å². The second-order valence-corrected chi connectivity index (χ2v) is 6.15. The van der Waals surface area contributed by atoms with E-state index in [4.69, 9.17) is 4.42 Å². The van der Waals surface area contributed by atoms with Gasteiger partial charge in [-0.25, -0.2) is 4.98 Å². The van der Waals surface area contributed by atoms with E-state index in [1.54, 1.807) is 35.9 Å². The highest BCUT2D eigenvalue weighted by Crippen LogP contribution is 2.26. The second-order valence-electron chi connectivity index (χ2n) is 5.29. The second kappa shape index (κ2) is 8.21. The molecular formula is C18H16N4O3S. The van der Waals surface area contributed by atoms with Gasteiger partial charge in [0.1, 0.15) is 11.5 Å². The van der Waals surface area contributed by atoms with Gasteiger partial charge in [0, 0.05) is 24.6 Å². The molecule has 3 heterocycles. The summed E-state index contributed by atoms with van der Waals surface area (Å²) in [7, 11) is 0. The van der Waals surface area contributed by atoms with Crippen molar-refractivity contribution in [3.05, 3.63) is 59.4 Å². The number of nitrogens with one attached hydrogen (secondary N) is 2. The first-order valence-corrected chi connectivity index (χ1v) is 8.67. The molecule has 2 N–H and O–H groups in total. The number of pyridine rings is 1. The molecule has 0 unspecified atom stereocenters. The van der Waals surface area contributed by atoms with E-state index < -0.39 is 0 Å². The average molecular weight is 368 g/mol. The maximum atomic E-state index is 12.0. The topological polar surface area (TPSA) is 97.1 Å². The summed E-state index contributed by atoms with van der Waals surface area (Å²) >= 11 is 1.30. The number of carbonyl (C=O) groups is 2. The molecule has 8 heteroatoms. The Bertz CT molecular complexity index is 931. The number of thiazole rings is 1. The minimum atomic E-state index is -0.289. The van der Waals surface area contributed by atoms with Crippen LogP contribution in [0.2, 0.25) is 0 Å². The lowest BCUT2D eigenvalue weighted by molar-refractivity contribution is -0.119. The quantitative estimate of drug-likeness (QED) is 0.652. The molecule has 0 saturated carbocycles. The number of rotatable bonds is 6. The molecule has 0 aliphatic carbocycles. The fourth-order valence-corrected chi connectivity index (χ4v) is 2.75. The van der Waals surface area contributed by atoms with Gasteiger partial charge in [-0.05, 0) is 30.3 Å². The molecule has 0 bridgehead atoms. The molecule has 0 aliphatic rings. The van der Waals surface area contributed by atoms with Gasteiger partial charge in [-0.1, -0.05) is 6.07 Å². The molecule has 2 amide bonds. The molecule has 7 nitrogen and oxygen atoms in total. The third-order valence-electron chi connectivity index (χ3n) is 3.25. The van der Waals surface area contributed by atoms with Crippen LogP contribution in [0.25, 0.3) is 17.5 Å². The van der Waals surface area contributed by atoms with Gasteiger partial charge in [0.05, 0.1) is 12.2 Å². The van der Waals surface area contributed by atoms with Crippen LogP contribution in [-0.4, -0.2) is 21.8 Å². The summed E-state index contributed by atoms with van der Waals surface area (Å²) in [6, 6.07) is 9.02. The van der Waals surface area contributed by atoms with Gasteiger partial charge in [0.25, 0.3) is 0 Å². The third kappa shape index (κ3) is 4.87. The number of carbonyl (C=O) groups excluding carboxylic acids is 2. The van der Waals surface area contributed by atoms with Crippen molar-refractivity contribution in [2.75, 3.05) is 5.32 Å². The molecule has 26 heavy (non-hydrogen) atoms. The van der Waals surface area contributed by atoms with Gasteiger partial charge in [0.15, 0.2) is 10.9 Å². The SMILES string of the molecule is CC(=O)NCc1ccc(-c2csc(NC(=O)C=Cc3ccccn3)n2)o1. The van der Waals surface area contributed by atoms with Gasteiger partial charge >= 0.3 is 0 Å². The number of hydrogen-bond donors (Lipinski definition) is 2. The monoisotopic (exact) mass is 368 g/mol. The van der Waals surface area contributed by atoms with Gasteiger partial charge in [-0.15, -0.1) is 11.3 Å². The van der Waals surface area contributed by atoms with Crippen LogP contribution in [0.4, 0.5) is 5.13 Å². The molecule has 0 aromatic carbocycles. The maximum absolute atomic E-state index is 12.0. The van der Waals surface area contributed by atoms with Crippen molar-refractivity contribution in [2.45, 2.75) is 13.5 Å². The first-order valence-electron chi connectivity index (χ1n) is 7.79. The van der Waals surface area contributed by atoms with E-state index in [-0.39, 0.29) is 11.8 Å². The number of hydrogen-bond acceptors (Lipinski definition) is 6. The van der Waals surface area contributed by atoms with E-state index in [2.05, 4.69) is 20.6 Å². The van der Waals surface area contributed by atoms with E-state index in [1.807, 2.05) is 12.1 Å². The Morgan fingerprint density at radius 1 is 1.27 bits per heavy atom. The molecule has 0 spiro atoms. The number of anilines is 1. The van der Waals surface area contributed by atoms with Crippen molar-refractivity contribution >= 4 is 34.4 Å². The molecular weight excluding hydrogens is 352 g/mol. The number of furan rings is 1. The Morgan fingerprint density at radius 3 is 2.92 bits per heavy atom. The van der Waals surface area contributed by atoms with Crippen molar-refractivity contribution < 1.29 is 14.0 Å². The highest BCUT2D eigenvalue weighted by atomic mass is 32.1. The molecule has 0 fully saturated rings. The third-order valence-corrected chi connectivity index (χ3v) is 4.01. The van der Waals surface area contributed by atoms with Crippen molar-refractivity contribution in [1.82, 2.24) is 15.3 Å². The fraction of sp³-hybridized carbons (Fsp3) is 0.111. The van der Waals surface area contributed by atoms with Crippen LogP contribution in [0.3, 0.4) is 0 Å². The van der Waals surface area contributed by atoms with E-state index in [0.717, 1.165) is 0 Å². The standard InChI is InChI=1S/C18H16N4O3S/c1-12(23)20-10-14-6-7-16(25-14)15-11-26-18(21-15)22-17(24)8-5-13-4-2-3-9-19-13/h2-9,11H,10H2,1H3,(H,20,23)(H,21,22,24). The summed E-state index contributed by atoms with van der Waals surface area (Å²) in [5.74, 6) is 0.793. The Balaban J connectivity index is 1.60. The summed E-state index contributed by atoms with van der Waals surface area (Å²) in [6.45, 7) is 1.77. The Kier molecular flexibility index (Phi) is 5.55. The molecule has 132 valence electrons. The minimum absolute atomic E-state index is 0.125. The first kappa shape index (κ1) is 17.6. The first-order chi connectivity index (χ1) is 12.6. The van der Waals surface area contributed by atoms with Gasteiger partial charge in [-0.3, -0.25) is 19.9 Å². The molecule has 0 saturated heterocycles. The lowest BCUT2D eigenvalue weighted by Gasteiger charge is -1.97. The number of amides is 2. The lowest BCUT2D eigenvalue weighted by Crippen LogP contribution is -2.18. The normalized spacial score (nSPS) is 10.8. The number of aromatic nitrogens is 2. The molecule has 0 atom stereocenters. The van der Waals surface area contributed by atoms with Gasteiger partial charge < -0.3 is 9.73 Å². The maximum Gasteiger partial charge on any atom is 0.250 e.